The average Bonchev–Trinajstić information content (AvgIpc) is 2.89. The van der Waals surface area contributed by atoms with E-state index in [4.69, 9.17) is 14.2 Å². The van der Waals surface area contributed by atoms with Crippen LogP contribution < -0.4 is 0 Å². The zero-order chi connectivity index (χ0) is 22.6. The van der Waals surface area contributed by atoms with Crippen molar-refractivity contribution in [2.24, 2.45) is 5.41 Å². The SMILES string of the molecule is CCCC12COC(c3ccc(C#C[Si]C(c4ccccc4)c4ccccc4)cc3)(OC1)OC2. The van der Waals surface area contributed by atoms with Crippen LogP contribution in [0.25, 0.3) is 0 Å². The molecule has 33 heavy (non-hydrogen) atoms. The molecule has 3 nitrogen and oxygen atoms in total. The Morgan fingerprint density at radius 3 is 1.85 bits per heavy atom. The molecule has 2 radical (unpaired) electrons. The summed E-state index contributed by atoms with van der Waals surface area (Å²) in [4.78, 5) is 0. The fourth-order valence-corrected chi connectivity index (χ4v) is 5.66. The fourth-order valence-electron chi connectivity index (χ4n) is 4.58. The van der Waals surface area contributed by atoms with Gasteiger partial charge in [-0.2, -0.15) is 0 Å². The lowest BCUT2D eigenvalue weighted by atomic mass is 9.83. The summed E-state index contributed by atoms with van der Waals surface area (Å²) in [6.07, 6.45) is 2.16. The third-order valence-electron chi connectivity index (χ3n) is 6.41. The average molecular weight is 453 g/mol. The molecule has 3 saturated heterocycles. The highest BCUT2D eigenvalue weighted by Gasteiger charge is 2.53. The molecular formula is C29H28O3Si. The minimum absolute atomic E-state index is 0.0108. The number of fused-ring (bicyclic) bond motifs is 3. The van der Waals surface area contributed by atoms with Crippen molar-refractivity contribution < 1.29 is 14.2 Å². The van der Waals surface area contributed by atoms with Gasteiger partial charge in [-0.25, -0.2) is 0 Å². The summed E-state index contributed by atoms with van der Waals surface area (Å²) in [5.41, 5.74) is 8.19. The highest BCUT2D eigenvalue weighted by atomic mass is 28.2. The first-order valence-corrected chi connectivity index (χ1v) is 12.7. The van der Waals surface area contributed by atoms with Crippen LogP contribution in [0.2, 0.25) is 0 Å². The van der Waals surface area contributed by atoms with E-state index in [9.17, 15) is 0 Å². The largest absolute Gasteiger partial charge is 0.323 e. The van der Waals surface area contributed by atoms with E-state index in [1.54, 1.807) is 0 Å². The molecule has 0 amide bonds. The van der Waals surface area contributed by atoms with Crippen molar-refractivity contribution in [1.82, 2.24) is 0 Å². The van der Waals surface area contributed by atoms with Gasteiger partial charge in [0, 0.05) is 22.1 Å². The van der Waals surface area contributed by atoms with Gasteiger partial charge in [-0.3, -0.25) is 0 Å². The standard InChI is InChI=1S/C29H28O3Si/c1-2-18-28-20-30-29(31-21-28,32-22-28)26-15-13-23(14-16-26)17-19-33-27(24-9-5-3-6-10-24)25-11-7-4-8-12-25/h3-16,27H,2,18,20-22H2,1H3. The van der Waals surface area contributed by atoms with E-state index in [0.717, 1.165) is 24.0 Å². The predicted molar refractivity (Wildman–Crippen MR) is 131 cm³/mol. The van der Waals surface area contributed by atoms with Crippen LogP contribution in [0.5, 0.6) is 0 Å². The molecule has 3 aliphatic heterocycles. The Balaban J connectivity index is 1.29. The molecule has 0 atom stereocenters. The molecule has 3 aromatic carbocycles. The maximum absolute atomic E-state index is 6.08. The van der Waals surface area contributed by atoms with Crippen LogP contribution in [0, 0.1) is 16.9 Å². The molecule has 166 valence electrons. The number of hydrogen-bond donors (Lipinski definition) is 0. The van der Waals surface area contributed by atoms with Gasteiger partial charge in [0.05, 0.1) is 19.8 Å². The second-order valence-electron chi connectivity index (χ2n) is 8.90. The monoisotopic (exact) mass is 452 g/mol. The van der Waals surface area contributed by atoms with Gasteiger partial charge in [0.1, 0.15) is 0 Å². The molecule has 4 heteroatoms. The summed E-state index contributed by atoms with van der Waals surface area (Å²) in [6.45, 7) is 4.24. The minimum atomic E-state index is -1.06. The van der Waals surface area contributed by atoms with Crippen LogP contribution in [0.1, 0.15) is 47.6 Å². The first kappa shape index (κ1) is 22.1. The van der Waals surface area contributed by atoms with E-state index in [-0.39, 0.29) is 11.0 Å². The molecule has 3 heterocycles. The first-order chi connectivity index (χ1) is 16.2. The lowest BCUT2D eigenvalue weighted by Crippen LogP contribution is -2.58. The quantitative estimate of drug-likeness (QED) is 0.367. The number of hydrogen-bond acceptors (Lipinski definition) is 3. The van der Waals surface area contributed by atoms with Gasteiger partial charge in [0.2, 0.25) is 0 Å². The third-order valence-corrected chi connectivity index (χ3v) is 7.64. The number of rotatable bonds is 6. The minimum Gasteiger partial charge on any atom is -0.323 e. The smallest absolute Gasteiger partial charge is 0.312 e. The van der Waals surface area contributed by atoms with Crippen molar-refractivity contribution in [1.29, 1.82) is 0 Å². The van der Waals surface area contributed by atoms with Crippen molar-refractivity contribution in [3.8, 4) is 11.5 Å². The van der Waals surface area contributed by atoms with E-state index in [2.05, 4.69) is 79.1 Å². The molecule has 0 spiro atoms. The fraction of sp³-hybridized carbons (Fsp3) is 0.310. The van der Waals surface area contributed by atoms with Crippen molar-refractivity contribution in [2.45, 2.75) is 31.3 Å². The highest BCUT2D eigenvalue weighted by Crippen LogP contribution is 2.46. The maximum Gasteiger partial charge on any atom is 0.312 e. The van der Waals surface area contributed by atoms with Crippen LogP contribution in [-0.2, 0) is 20.2 Å². The Bertz CT molecular complexity index is 1050. The van der Waals surface area contributed by atoms with Crippen molar-refractivity contribution in [2.75, 3.05) is 19.8 Å². The van der Waals surface area contributed by atoms with Crippen LogP contribution >= 0.6 is 0 Å². The van der Waals surface area contributed by atoms with Gasteiger partial charge in [0.15, 0.2) is 9.52 Å². The van der Waals surface area contributed by atoms with E-state index in [1.807, 2.05) is 24.3 Å². The van der Waals surface area contributed by atoms with Gasteiger partial charge in [-0.15, -0.1) is 5.54 Å². The molecule has 0 saturated carbocycles. The third kappa shape index (κ3) is 4.69. The molecule has 0 N–H and O–H groups in total. The molecule has 3 fully saturated rings. The number of ether oxygens (including phenoxy) is 3. The van der Waals surface area contributed by atoms with Crippen LogP contribution in [0.3, 0.4) is 0 Å². The number of benzene rings is 3. The van der Waals surface area contributed by atoms with Crippen molar-refractivity contribution >= 4 is 9.52 Å². The Kier molecular flexibility index (Phi) is 6.48. The topological polar surface area (TPSA) is 27.7 Å². The van der Waals surface area contributed by atoms with Gasteiger partial charge in [0.25, 0.3) is 0 Å². The van der Waals surface area contributed by atoms with E-state index >= 15 is 0 Å². The van der Waals surface area contributed by atoms with Crippen LogP contribution in [0.4, 0.5) is 0 Å². The lowest BCUT2D eigenvalue weighted by molar-refractivity contribution is -0.480. The summed E-state index contributed by atoms with van der Waals surface area (Å²) in [5.74, 6) is 2.29. The van der Waals surface area contributed by atoms with Crippen LogP contribution in [0.15, 0.2) is 84.9 Å². The normalized spacial score (nSPS) is 23.8. The predicted octanol–water partition coefficient (Wildman–Crippen LogP) is 5.46. The summed E-state index contributed by atoms with van der Waals surface area (Å²) >= 11 is 0. The summed E-state index contributed by atoms with van der Waals surface area (Å²) in [6, 6.07) is 29.3. The zero-order valence-electron chi connectivity index (χ0n) is 18.9. The first-order valence-electron chi connectivity index (χ1n) is 11.6. The Morgan fingerprint density at radius 2 is 1.33 bits per heavy atom. The molecule has 3 aromatic rings. The van der Waals surface area contributed by atoms with Crippen LogP contribution in [-0.4, -0.2) is 29.3 Å². The summed E-state index contributed by atoms with van der Waals surface area (Å²) in [7, 11) is 0.467. The molecule has 6 rings (SSSR count). The Morgan fingerprint density at radius 1 is 0.788 bits per heavy atom. The summed E-state index contributed by atoms with van der Waals surface area (Å²) < 4.78 is 18.2. The molecule has 0 aliphatic carbocycles. The molecule has 2 bridgehead atoms. The van der Waals surface area contributed by atoms with Gasteiger partial charge in [-0.05, 0) is 41.8 Å². The molecular weight excluding hydrogens is 424 g/mol. The van der Waals surface area contributed by atoms with E-state index < -0.39 is 5.97 Å². The lowest BCUT2D eigenvalue weighted by Gasteiger charge is -2.51. The maximum atomic E-state index is 6.08. The van der Waals surface area contributed by atoms with Gasteiger partial charge < -0.3 is 14.2 Å². The Hall–Kier alpha value is -2.68. The molecule has 0 aromatic heterocycles. The van der Waals surface area contributed by atoms with Crippen molar-refractivity contribution in [3.63, 3.8) is 0 Å². The van der Waals surface area contributed by atoms with E-state index in [1.165, 1.54) is 11.1 Å². The second kappa shape index (κ2) is 9.67. The van der Waals surface area contributed by atoms with Gasteiger partial charge in [-0.1, -0.05) is 79.9 Å². The second-order valence-corrected chi connectivity index (χ2v) is 10.0. The highest BCUT2D eigenvalue weighted by molar-refractivity contribution is 6.49. The Labute approximate surface area is 198 Å². The zero-order valence-corrected chi connectivity index (χ0v) is 19.9. The molecule has 3 aliphatic rings. The van der Waals surface area contributed by atoms with E-state index in [0.29, 0.717) is 29.3 Å². The van der Waals surface area contributed by atoms with Crippen molar-refractivity contribution in [3.05, 3.63) is 107 Å². The van der Waals surface area contributed by atoms with Gasteiger partial charge >= 0.3 is 5.97 Å². The summed E-state index contributed by atoms with van der Waals surface area (Å²) in [5, 5.41) is 0. The molecule has 0 unspecified atom stereocenters.